The molecule has 0 radical (unpaired) electrons. The van der Waals surface area contributed by atoms with Crippen molar-refractivity contribution >= 4 is 27.5 Å². The number of nitrogens with one attached hydrogen (secondary N) is 2. The normalized spacial score (nSPS) is 16.2. The molecular weight excluding hydrogens is 370 g/mol. The molecule has 0 saturated carbocycles. The molecule has 0 aliphatic carbocycles. The molecule has 1 aliphatic rings. The van der Waals surface area contributed by atoms with E-state index in [1.165, 1.54) is 23.4 Å². The molecular formula is C17H21N5O4S. The number of hydrogen-bond acceptors (Lipinski definition) is 5. The van der Waals surface area contributed by atoms with Crippen LogP contribution in [0.4, 0.5) is 5.69 Å². The predicted octanol–water partition coefficient (Wildman–Crippen LogP) is 1.04. The highest BCUT2D eigenvalue weighted by Gasteiger charge is 2.30. The second-order valence-electron chi connectivity index (χ2n) is 6.46. The van der Waals surface area contributed by atoms with Gasteiger partial charge in [0.1, 0.15) is 5.69 Å². The first kappa shape index (κ1) is 19.1. The van der Waals surface area contributed by atoms with Crippen molar-refractivity contribution < 1.29 is 18.0 Å². The van der Waals surface area contributed by atoms with Gasteiger partial charge in [-0.2, -0.15) is 9.40 Å². The molecule has 1 aromatic heterocycles. The number of nitrogens with zero attached hydrogens (tertiary/aromatic N) is 2. The SMILES string of the molecule is CC(=O)Nc1ccc(S(=O)(=O)N2CCC(c3cc(C(N)=O)n[nH]3)CC2)cc1. The maximum atomic E-state index is 12.8. The smallest absolute Gasteiger partial charge is 0.269 e. The van der Waals surface area contributed by atoms with Crippen molar-refractivity contribution in [1.82, 2.24) is 14.5 Å². The number of nitrogens with two attached hydrogens (primary N) is 1. The van der Waals surface area contributed by atoms with Gasteiger partial charge in [0, 0.05) is 37.3 Å². The average molecular weight is 391 g/mol. The summed E-state index contributed by atoms with van der Waals surface area (Å²) in [6.07, 6.45) is 1.23. The van der Waals surface area contributed by atoms with E-state index in [2.05, 4.69) is 15.5 Å². The van der Waals surface area contributed by atoms with Crippen LogP contribution in [-0.2, 0) is 14.8 Å². The van der Waals surface area contributed by atoms with Gasteiger partial charge in [0.15, 0.2) is 0 Å². The van der Waals surface area contributed by atoms with Crippen LogP contribution in [0.2, 0.25) is 0 Å². The zero-order chi connectivity index (χ0) is 19.6. The number of aromatic amines is 1. The summed E-state index contributed by atoms with van der Waals surface area (Å²) in [5.41, 5.74) is 6.72. The summed E-state index contributed by atoms with van der Waals surface area (Å²) in [7, 11) is -3.60. The fourth-order valence-electron chi connectivity index (χ4n) is 3.14. The molecule has 2 aromatic rings. The Kier molecular flexibility index (Phi) is 5.29. The Morgan fingerprint density at radius 2 is 1.85 bits per heavy atom. The molecule has 2 heterocycles. The summed E-state index contributed by atoms with van der Waals surface area (Å²) in [5.74, 6) is -0.717. The van der Waals surface area contributed by atoms with Gasteiger partial charge in [0.25, 0.3) is 5.91 Å². The molecule has 0 atom stereocenters. The van der Waals surface area contributed by atoms with Crippen molar-refractivity contribution in [3.63, 3.8) is 0 Å². The lowest BCUT2D eigenvalue weighted by Crippen LogP contribution is -2.37. The Morgan fingerprint density at radius 1 is 1.22 bits per heavy atom. The summed E-state index contributed by atoms with van der Waals surface area (Å²) in [6, 6.07) is 7.73. The Labute approximate surface area is 157 Å². The van der Waals surface area contributed by atoms with Crippen LogP contribution in [0.25, 0.3) is 0 Å². The number of carbonyl (C=O) groups is 2. The number of amides is 2. The van der Waals surface area contributed by atoms with Crippen LogP contribution >= 0.6 is 0 Å². The molecule has 3 rings (SSSR count). The number of H-pyrrole nitrogens is 1. The van der Waals surface area contributed by atoms with E-state index in [0.717, 1.165) is 5.69 Å². The molecule has 1 fully saturated rings. The lowest BCUT2D eigenvalue weighted by molar-refractivity contribution is -0.114. The third-order valence-corrected chi connectivity index (χ3v) is 6.47. The van der Waals surface area contributed by atoms with Gasteiger partial charge in [-0.25, -0.2) is 8.42 Å². The highest BCUT2D eigenvalue weighted by atomic mass is 32.2. The molecule has 1 aromatic carbocycles. The summed E-state index contributed by atoms with van der Waals surface area (Å²) < 4.78 is 27.1. The minimum Gasteiger partial charge on any atom is -0.364 e. The lowest BCUT2D eigenvalue weighted by atomic mass is 9.94. The summed E-state index contributed by atoms with van der Waals surface area (Å²) in [6.45, 7) is 2.12. The van der Waals surface area contributed by atoms with Crippen molar-refractivity contribution in [2.45, 2.75) is 30.6 Å². The van der Waals surface area contributed by atoms with E-state index in [1.54, 1.807) is 18.2 Å². The van der Waals surface area contributed by atoms with Gasteiger partial charge < -0.3 is 11.1 Å². The monoisotopic (exact) mass is 391 g/mol. The largest absolute Gasteiger partial charge is 0.364 e. The summed E-state index contributed by atoms with van der Waals surface area (Å²) >= 11 is 0. The molecule has 0 bridgehead atoms. The Balaban J connectivity index is 1.67. The van der Waals surface area contributed by atoms with E-state index in [1.807, 2.05) is 0 Å². The molecule has 2 amide bonds. The number of piperidine rings is 1. The van der Waals surface area contributed by atoms with Crippen molar-refractivity contribution in [2.24, 2.45) is 5.73 Å². The molecule has 1 saturated heterocycles. The third kappa shape index (κ3) is 4.17. The number of aromatic nitrogens is 2. The van der Waals surface area contributed by atoms with Crippen LogP contribution in [0.5, 0.6) is 0 Å². The van der Waals surface area contributed by atoms with Gasteiger partial charge in [0.2, 0.25) is 15.9 Å². The van der Waals surface area contributed by atoms with Crippen LogP contribution in [0, 0.1) is 0 Å². The third-order valence-electron chi connectivity index (χ3n) is 4.56. The van der Waals surface area contributed by atoms with Crippen LogP contribution < -0.4 is 11.1 Å². The van der Waals surface area contributed by atoms with Crippen molar-refractivity contribution in [1.29, 1.82) is 0 Å². The molecule has 10 heteroatoms. The topological polar surface area (TPSA) is 138 Å². The first-order valence-corrected chi connectivity index (χ1v) is 9.94. The number of carbonyl (C=O) groups excluding carboxylic acids is 2. The zero-order valence-corrected chi connectivity index (χ0v) is 15.6. The van der Waals surface area contributed by atoms with Gasteiger partial charge >= 0.3 is 0 Å². The van der Waals surface area contributed by atoms with E-state index in [4.69, 9.17) is 5.73 Å². The van der Waals surface area contributed by atoms with Gasteiger partial charge in [-0.1, -0.05) is 0 Å². The Bertz CT molecular complexity index is 944. The van der Waals surface area contributed by atoms with Gasteiger partial charge in [-0.3, -0.25) is 14.7 Å². The maximum absolute atomic E-state index is 12.8. The van der Waals surface area contributed by atoms with Crippen LogP contribution in [0.15, 0.2) is 35.2 Å². The molecule has 1 aliphatic heterocycles. The van der Waals surface area contributed by atoms with E-state index >= 15 is 0 Å². The van der Waals surface area contributed by atoms with Crippen LogP contribution in [0.1, 0.15) is 41.9 Å². The highest BCUT2D eigenvalue weighted by molar-refractivity contribution is 7.89. The first-order valence-electron chi connectivity index (χ1n) is 8.50. The molecule has 0 spiro atoms. The first-order chi connectivity index (χ1) is 12.8. The zero-order valence-electron chi connectivity index (χ0n) is 14.8. The minimum atomic E-state index is -3.60. The molecule has 9 nitrogen and oxygen atoms in total. The van der Waals surface area contributed by atoms with Crippen molar-refractivity contribution in [2.75, 3.05) is 18.4 Å². The minimum absolute atomic E-state index is 0.0965. The fraction of sp³-hybridized carbons (Fsp3) is 0.353. The number of rotatable bonds is 5. The molecule has 0 unspecified atom stereocenters. The second kappa shape index (κ2) is 7.49. The highest BCUT2D eigenvalue weighted by Crippen LogP contribution is 2.30. The number of sulfonamides is 1. The predicted molar refractivity (Wildman–Crippen MR) is 98.6 cm³/mol. The fourth-order valence-corrected chi connectivity index (χ4v) is 4.61. The number of primary amides is 1. The Morgan fingerprint density at radius 3 is 2.37 bits per heavy atom. The van der Waals surface area contributed by atoms with Gasteiger partial charge in [-0.15, -0.1) is 0 Å². The van der Waals surface area contributed by atoms with E-state index in [0.29, 0.717) is 31.6 Å². The average Bonchev–Trinajstić information content (AvgIpc) is 3.12. The molecule has 144 valence electrons. The van der Waals surface area contributed by atoms with E-state index in [9.17, 15) is 18.0 Å². The van der Waals surface area contributed by atoms with Crippen molar-refractivity contribution in [3.8, 4) is 0 Å². The summed E-state index contributed by atoms with van der Waals surface area (Å²) in [5, 5.41) is 9.29. The van der Waals surface area contributed by atoms with E-state index in [-0.39, 0.29) is 22.4 Å². The van der Waals surface area contributed by atoms with Crippen LogP contribution in [0.3, 0.4) is 0 Å². The van der Waals surface area contributed by atoms with Crippen molar-refractivity contribution in [3.05, 3.63) is 41.7 Å². The molecule has 4 N–H and O–H groups in total. The quantitative estimate of drug-likeness (QED) is 0.699. The summed E-state index contributed by atoms with van der Waals surface area (Å²) in [4.78, 5) is 22.4. The maximum Gasteiger partial charge on any atom is 0.269 e. The lowest BCUT2D eigenvalue weighted by Gasteiger charge is -2.30. The molecule has 27 heavy (non-hydrogen) atoms. The Hall–Kier alpha value is -2.72. The van der Waals surface area contributed by atoms with Gasteiger partial charge in [0.05, 0.1) is 4.90 Å². The number of benzene rings is 1. The standard InChI is InChI=1S/C17H21N5O4S/c1-11(23)19-13-2-4-14(5-3-13)27(25,26)22-8-6-12(7-9-22)15-10-16(17(18)24)21-20-15/h2-5,10,12H,6-9H2,1H3,(H2,18,24)(H,19,23)(H,20,21). The van der Waals surface area contributed by atoms with Gasteiger partial charge in [-0.05, 0) is 43.2 Å². The van der Waals surface area contributed by atoms with E-state index < -0.39 is 15.9 Å². The van der Waals surface area contributed by atoms with Crippen LogP contribution in [-0.4, -0.2) is 47.8 Å². The number of anilines is 1. The number of hydrogen-bond donors (Lipinski definition) is 3. The second-order valence-corrected chi connectivity index (χ2v) is 8.39.